The summed E-state index contributed by atoms with van der Waals surface area (Å²) in [7, 11) is 0. The Kier molecular flexibility index (Phi) is 8.21. The van der Waals surface area contributed by atoms with Gasteiger partial charge in [-0.2, -0.15) is 0 Å². The van der Waals surface area contributed by atoms with Crippen LogP contribution in [0, 0.1) is 6.92 Å². The van der Waals surface area contributed by atoms with Crippen LogP contribution >= 0.6 is 0 Å². The van der Waals surface area contributed by atoms with E-state index in [1.807, 2.05) is 31.2 Å². The lowest BCUT2D eigenvalue weighted by molar-refractivity contribution is 0.106. The highest BCUT2D eigenvalue weighted by Gasteiger charge is 2.05. The zero-order chi connectivity index (χ0) is 13.9. The topological polar surface area (TPSA) is 61.7 Å². The Bertz CT molecular complexity index is 344. The number of nitrogens with one attached hydrogen (secondary N) is 1. The lowest BCUT2D eigenvalue weighted by Gasteiger charge is -2.14. The van der Waals surface area contributed by atoms with Crippen LogP contribution in [0.4, 0.5) is 0 Å². The van der Waals surface area contributed by atoms with E-state index in [1.54, 1.807) is 0 Å². The molecule has 0 aliphatic carbocycles. The zero-order valence-corrected chi connectivity index (χ0v) is 11.6. The van der Waals surface area contributed by atoms with Gasteiger partial charge in [-0.1, -0.05) is 18.2 Å². The summed E-state index contributed by atoms with van der Waals surface area (Å²) < 4.78 is 5.57. The first kappa shape index (κ1) is 16.0. The number of aliphatic hydroxyl groups is 2. The van der Waals surface area contributed by atoms with Crippen molar-refractivity contribution in [1.82, 2.24) is 5.32 Å². The predicted molar refractivity (Wildman–Crippen MR) is 76.5 cm³/mol. The molecule has 3 N–H and O–H groups in total. The van der Waals surface area contributed by atoms with Gasteiger partial charge >= 0.3 is 0 Å². The van der Waals surface area contributed by atoms with E-state index in [-0.39, 0.29) is 6.61 Å². The Labute approximate surface area is 115 Å². The summed E-state index contributed by atoms with van der Waals surface area (Å²) in [4.78, 5) is 0. The minimum atomic E-state index is -0.502. The van der Waals surface area contributed by atoms with Crippen molar-refractivity contribution in [2.45, 2.75) is 32.3 Å². The molecule has 4 nitrogen and oxygen atoms in total. The fraction of sp³-hybridized carbons (Fsp3) is 0.600. The van der Waals surface area contributed by atoms with Gasteiger partial charge < -0.3 is 20.3 Å². The smallest absolute Gasteiger partial charge is 0.122 e. The molecular formula is C15H25NO3. The van der Waals surface area contributed by atoms with E-state index in [9.17, 15) is 5.11 Å². The average molecular weight is 267 g/mol. The maximum absolute atomic E-state index is 9.78. The number of hydrogen-bond acceptors (Lipinski definition) is 4. The highest BCUT2D eigenvalue weighted by atomic mass is 16.5. The number of para-hydroxylation sites is 1. The molecule has 0 fully saturated rings. The van der Waals surface area contributed by atoms with Gasteiger partial charge in [0.15, 0.2) is 0 Å². The Morgan fingerprint density at radius 1 is 1.21 bits per heavy atom. The fourth-order valence-electron chi connectivity index (χ4n) is 1.77. The van der Waals surface area contributed by atoms with Crippen molar-refractivity contribution < 1.29 is 14.9 Å². The Hall–Kier alpha value is -1.10. The van der Waals surface area contributed by atoms with Gasteiger partial charge in [-0.3, -0.25) is 0 Å². The lowest BCUT2D eigenvalue weighted by Crippen LogP contribution is -2.32. The number of aryl methyl sites for hydroxylation is 1. The van der Waals surface area contributed by atoms with Gasteiger partial charge in [-0.15, -0.1) is 0 Å². The molecule has 0 saturated heterocycles. The fourth-order valence-corrected chi connectivity index (χ4v) is 1.77. The highest BCUT2D eigenvalue weighted by molar-refractivity contribution is 5.31. The maximum atomic E-state index is 9.78. The van der Waals surface area contributed by atoms with Crippen LogP contribution in [0.2, 0.25) is 0 Å². The van der Waals surface area contributed by atoms with Gasteiger partial charge in [-0.25, -0.2) is 0 Å². The Morgan fingerprint density at radius 2 is 2.00 bits per heavy atom. The first-order valence-electron chi connectivity index (χ1n) is 6.92. The number of benzene rings is 1. The Balaban J connectivity index is 2.08. The van der Waals surface area contributed by atoms with Crippen LogP contribution in [-0.4, -0.2) is 42.6 Å². The molecule has 0 spiro atoms. The summed E-state index contributed by atoms with van der Waals surface area (Å²) in [5, 5.41) is 21.6. The third kappa shape index (κ3) is 7.15. The molecule has 0 aromatic heterocycles. The van der Waals surface area contributed by atoms with Gasteiger partial charge in [0.05, 0.1) is 0 Å². The molecule has 19 heavy (non-hydrogen) atoms. The number of unbranched alkanes of at least 4 members (excludes halogenated alkanes) is 2. The number of rotatable bonds is 10. The van der Waals surface area contributed by atoms with Crippen LogP contribution in [0.5, 0.6) is 5.75 Å². The zero-order valence-electron chi connectivity index (χ0n) is 11.6. The van der Waals surface area contributed by atoms with E-state index in [1.165, 1.54) is 0 Å². The summed E-state index contributed by atoms with van der Waals surface area (Å²) in [6, 6.07) is 7.78. The molecule has 1 unspecified atom stereocenters. The molecule has 0 heterocycles. The quantitative estimate of drug-likeness (QED) is 0.562. The van der Waals surface area contributed by atoms with Gasteiger partial charge in [-0.05, 0) is 44.4 Å². The van der Waals surface area contributed by atoms with Crippen molar-refractivity contribution in [3.05, 3.63) is 29.8 Å². The van der Waals surface area contributed by atoms with Crippen molar-refractivity contribution in [1.29, 1.82) is 0 Å². The van der Waals surface area contributed by atoms with Crippen LogP contribution in [0.1, 0.15) is 24.8 Å². The van der Waals surface area contributed by atoms with E-state index in [0.29, 0.717) is 13.2 Å². The molecule has 108 valence electrons. The monoisotopic (exact) mass is 267 g/mol. The van der Waals surface area contributed by atoms with E-state index >= 15 is 0 Å². The number of aliphatic hydroxyl groups excluding tert-OH is 2. The molecule has 1 aromatic rings. The number of ether oxygens (including phenoxy) is 1. The minimum absolute atomic E-state index is 0.257. The molecule has 1 rings (SSSR count). The van der Waals surface area contributed by atoms with E-state index in [4.69, 9.17) is 9.84 Å². The molecule has 0 amide bonds. The van der Waals surface area contributed by atoms with Crippen molar-refractivity contribution in [3.8, 4) is 5.75 Å². The predicted octanol–water partition coefficient (Wildman–Crippen LogP) is 1.49. The molecule has 0 bridgehead atoms. The maximum Gasteiger partial charge on any atom is 0.122 e. The van der Waals surface area contributed by atoms with Crippen LogP contribution in [-0.2, 0) is 0 Å². The Morgan fingerprint density at radius 3 is 2.74 bits per heavy atom. The van der Waals surface area contributed by atoms with Crippen molar-refractivity contribution in [2.24, 2.45) is 0 Å². The average Bonchev–Trinajstić information content (AvgIpc) is 2.42. The molecular weight excluding hydrogens is 242 g/mol. The molecule has 1 aromatic carbocycles. The first-order valence-corrected chi connectivity index (χ1v) is 6.92. The summed E-state index contributed by atoms with van der Waals surface area (Å²) in [5.74, 6) is 0.824. The highest BCUT2D eigenvalue weighted by Crippen LogP contribution is 2.16. The van der Waals surface area contributed by atoms with Crippen LogP contribution in [0.15, 0.2) is 24.3 Å². The summed E-state index contributed by atoms with van der Waals surface area (Å²) in [5.41, 5.74) is 1.08. The van der Waals surface area contributed by atoms with Crippen molar-refractivity contribution in [2.75, 3.05) is 26.3 Å². The van der Waals surface area contributed by atoms with Gasteiger partial charge in [0.25, 0.3) is 0 Å². The third-order valence-electron chi connectivity index (χ3n) is 2.92. The summed E-state index contributed by atoms with van der Waals surface area (Å²) >= 11 is 0. The van der Waals surface area contributed by atoms with Crippen molar-refractivity contribution in [3.63, 3.8) is 0 Å². The van der Waals surface area contributed by atoms with E-state index in [0.717, 1.165) is 37.1 Å². The van der Waals surface area contributed by atoms with Crippen LogP contribution in [0.25, 0.3) is 0 Å². The molecule has 0 radical (unpaired) electrons. The molecule has 0 aliphatic heterocycles. The van der Waals surface area contributed by atoms with Crippen molar-refractivity contribution >= 4 is 0 Å². The molecule has 1 atom stereocenters. The van der Waals surface area contributed by atoms with E-state index < -0.39 is 6.10 Å². The van der Waals surface area contributed by atoms with Crippen LogP contribution in [0.3, 0.4) is 0 Å². The first-order chi connectivity index (χ1) is 9.24. The molecule has 0 saturated carbocycles. The lowest BCUT2D eigenvalue weighted by atomic mass is 10.2. The van der Waals surface area contributed by atoms with Gasteiger partial charge in [0.1, 0.15) is 18.5 Å². The summed E-state index contributed by atoms with van der Waals surface area (Å²) in [6.07, 6.45) is 2.38. The normalized spacial score (nSPS) is 12.4. The van der Waals surface area contributed by atoms with E-state index in [2.05, 4.69) is 5.32 Å². The van der Waals surface area contributed by atoms with Gasteiger partial charge in [0.2, 0.25) is 0 Å². The number of hydrogen-bond donors (Lipinski definition) is 3. The largest absolute Gasteiger partial charge is 0.491 e. The second kappa shape index (κ2) is 9.78. The second-order valence-corrected chi connectivity index (χ2v) is 4.72. The van der Waals surface area contributed by atoms with Crippen LogP contribution < -0.4 is 10.1 Å². The summed E-state index contributed by atoms with van der Waals surface area (Å²) in [6.45, 7) is 3.94. The third-order valence-corrected chi connectivity index (χ3v) is 2.92. The molecule has 4 heteroatoms. The minimum Gasteiger partial charge on any atom is -0.491 e. The van der Waals surface area contributed by atoms with Gasteiger partial charge in [0, 0.05) is 13.2 Å². The standard InChI is InChI=1S/C15H25NO3/c1-13-7-3-4-8-15(13)19-12-14(18)11-16-9-5-2-6-10-17/h3-4,7-8,14,16-18H,2,5-6,9-12H2,1H3. The second-order valence-electron chi connectivity index (χ2n) is 4.72. The SMILES string of the molecule is Cc1ccccc1OCC(O)CNCCCCCO. The molecule has 0 aliphatic rings.